The number of rotatable bonds is 13. The van der Waals surface area contributed by atoms with E-state index in [2.05, 4.69) is 38.5 Å². The van der Waals surface area contributed by atoms with Gasteiger partial charge in [0.05, 0.1) is 18.6 Å². The summed E-state index contributed by atoms with van der Waals surface area (Å²) < 4.78 is 61.6. The molecular formula is C18H35N3O8S3. The molecule has 11 nitrogen and oxygen atoms in total. The molecule has 32 heavy (non-hydrogen) atoms. The number of Topliss-reactive ketones (excluding diaryl/α,β-unsaturated/α-hetero) is 2. The second-order valence-corrected chi connectivity index (χ2v) is 11.2. The molecule has 0 aliphatic rings. The van der Waals surface area contributed by atoms with Gasteiger partial charge in [-0.2, -0.15) is 0 Å². The third-order valence-electron chi connectivity index (χ3n) is 3.03. The number of carbonyl (C=O) groups is 2. The van der Waals surface area contributed by atoms with Crippen LogP contribution in [0.15, 0.2) is 36.5 Å². The lowest BCUT2D eigenvalue weighted by Crippen LogP contribution is -2.23. The Hall–Kier alpha value is -1.55. The van der Waals surface area contributed by atoms with Gasteiger partial charge in [-0.05, 0) is 39.0 Å². The highest BCUT2D eigenvalue weighted by atomic mass is 32.2. The lowest BCUT2D eigenvalue weighted by atomic mass is 10.2. The third-order valence-corrected chi connectivity index (χ3v) is 6.03. The Morgan fingerprint density at radius 2 is 1.41 bits per heavy atom. The summed E-state index contributed by atoms with van der Waals surface area (Å²) in [6, 6.07) is 0. The zero-order valence-corrected chi connectivity index (χ0v) is 21.7. The number of hydrogen-bond donors (Lipinski definition) is 3. The van der Waals surface area contributed by atoms with Gasteiger partial charge in [-0.3, -0.25) is 13.8 Å². The summed E-state index contributed by atoms with van der Waals surface area (Å²) in [5, 5.41) is 4.65. The maximum Gasteiger partial charge on any atom is 0.234 e. The van der Waals surface area contributed by atoms with Crippen molar-refractivity contribution in [3.8, 4) is 0 Å². The maximum absolute atomic E-state index is 10.9. The lowest BCUT2D eigenvalue weighted by Gasteiger charge is -2.00. The average molecular weight is 518 g/mol. The Labute approximate surface area is 194 Å². The van der Waals surface area contributed by atoms with Gasteiger partial charge in [0.15, 0.2) is 11.6 Å². The second-order valence-electron chi connectivity index (χ2n) is 6.49. The third kappa shape index (κ3) is 26.5. The van der Waals surface area contributed by atoms with E-state index in [-0.39, 0.29) is 29.5 Å². The van der Waals surface area contributed by atoms with Crippen LogP contribution in [0.4, 0.5) is 0 Å². The standard InChI is InChI=1S/2C7H13NO3S.C4H9NO2S/c1-6(2)7(9)4-5-8-12(10)11-3;1-6(2)7(9)4-5-12(10,11)8-3;1-4(2)3-8(5,6)7/h2*8H,1,4-5H2,2-3H3;1,3H2,2H3,(H2,5,6,7). The molecule has 0 aromatic carbocycles. The van der Waals surface area contributed by atoms with Gasteiger partial charge in [-0.15, -0.1) is 0 Å². The van der Waals surface area contributed by atoms with Crippen molar-refractivity contribution in [3.05, 3.63) is 36.5 Å². The van der Waals surface area contributed by atoms with Crippen LogP contribution in [0, 0.1) is 0 Å². The highest BCUT2D eigenvalue weighted by Crippen LogP contribution is 1.97. The first-order valence-electron chi connectivity index (χ1n) is 9.01. The molecular weight excluding hydrogens is 482 g/mol. The SMILES string of the molecule is C=C(C)C(=O)CCNS(=O)OC.C=C(C)C(=O)CCS(=O)(=O)NC.C=C(C)CS(N)(=O)=O. The minimum atomic E-state index is -3.32. The Bertz CT molecular complexity index is 894. The number of allylic oxidation sites excluding steroid dienone is 2. The van der Waals surface area contributed by atoms with Crippen LogP contribution in [-0.4, -0.2) is 64.8 Å². The quantitative estimate of drug-likeness (QED) is 0.230. The van der Waals surface area contributed by atoms with Gasteiger partial charge in [0.2, 0.25) is 31.3 Å². The zero-order chi connectivity index (χ0) is 26.1. The summed E-state index contributed by atoms with van der Waals surface area (Å²) in [6.45, 7) is 15.5. The largest absolute Gasteiger partial charge is 0.295 e. The van der Waals surface area contributed by atoms with Gasteiger partial charge in [0.25, 0.3) is 0 Å². The van der Waals surface area contributed by atoms with Gasteiger partial charge in [0.1, 0.15) is 0 Å². The van der Waals surface area contributed by atoms with Crippen molar-refractivity contribution < 1.29 is 34.8 Å². The number of carbonyl (C=O) groups excluding carboxylic acids is 2. The minimum Gasteiger partial charge on any atom is -0.295 e. The summed E-state index contributed by atoms with van der Waals surface area (Å²) in [6.07, 6.45) is 0.295. The monoisotopic (exact) mass is 517 g/mol. The van der Waals surface area contributed by atoms with E-state index in [1.165, 1.54) is 14.2 Å². The molecule has 14 heteroatoms. The minimum absolute atomic E-state index is 0.00148. The molecule has 0 spiro atoms. The second kappa shape index (κ2) is 17.9. The summed E-state index contributed by atoms with van der Waals surface area (Å²) in [5.74, 6) is -0.535. The van der Waals surface area contributed by atoms with Gasteiger partial charge in [-0.1, -0.05) is 25.3 Å². The van der Waals surface area contributed by atoms with Crippen LogP contribution in [0.25, 0.3) is 0 Å². The van der Waals surface area contributed by atoms with Crippen molar-refractivity contribution in [2.75, 3.05) is 32.2 Å². The molecule has 0 aromatic rings. The van der Waals surface area contributed by atoms with Gasteiger partial charge in [-0.25, -0.2) is 35.6 Å². The van der Waals surface area contributed by atoms with E-state index in [0.29, 0.717) is 29.7 Å². The number of hydrogen-bond acceptors (Lipinski definition) is 8. The molecule has 4 N–H and O–H groups in total. The zero-order valence-electron chi connectivity index (χ0n) is 19.2. The van der Waals surface area contributed by atoms with Crippen LogP contribution in [-0.2, 0) is 45.1 Å². The predicted octanol–water partition coefficient (Wildman–Crippen LogP) is 0.258. The van der Waals surface area contributed by atoms with Crippen molar-refractivity contribution in [2.24, 2.45) is 5.14 Å². The van der Waals surface area contributed by atoms with Crippen molar-refractivity contribution >= 4 is 42.9 Å². The molecule has 0 amide bonds. The summed E-state index contributed by atoms with van der Waals surface area (Å²) in [4.78, 5) is 21.8. The molecule has 0 heterocycles. The van der Waals surface area contributed by atoms with Crippen LogP contribution >= 0.6 is 0 Å². The molecule has 0 fully saturated rings. The Kier molecular flexibility index (Phi) is 19.7. The van der Waals surface area contributed by atoms with E-state index in [9.17, 15) is 30.6 Å². The van der Waals surface area contributed by atoms with E-state index in [1.54, 1.807) is 20.8 Å². The molecule has 0 aromatic heterocycles. The average Bonchev–Trinajstić information content (AvgIpc) is 2.64. The first-order chi connectivity index (χ1) is 14.4. The molecule has 0 aliphatic heterocycles. The highest BCUT2D eigenvalue weighted by molar-refractivity contribution is 7.89. The molecule has 0 saturated carbocycles. The summed E-state index contributed by atoms with van der Waals surface area (Å²) in [7, 11) is -3.94. The number of primary sulfonamides is 1. The molecule has 0 radical (unpaired) electrons. The van der Waals surface area contributed by atoms with E-state index in [0.717, 1.165) is 0 Å². The van der Waals surface area contributed by atoms with Crippen LogP contribution in [0.1, 0.15) is 33.6 Å². The van der Waals surface area contributed by atoms with E-state index < -0.39 is 31.3 Å². The van der Waals surface area contributed by atoms with Gasteiger partial charge < -0.3 is 0 Å². The fourth-order valence-electron chi connectivity index (χ4n) is 1.41. The molecule has 0 bridgehead atoms. The van der Waals surface area contributed by atoms with Crippen molar-refractivity contribution in [3.63, 3.8) is 0 Å². The van der Waals surface area contributed by atoms with Crippen LogP contribution in [0.2, 0.25) is 0 Å². The number of nitrogens with two attached hydrogens (primary N) is 1. The Balaban J connectivity index is -0.000000404. The van der Waals surface area contributed by atoms with Crippen molar-refractivity contribution in [1.82, 2.24) is 9.44 Å². The molecule has 0 aliphatic carbocycles. The highest BCUT2D eigenvalue weighted by Gasteiger charge is 2.10. The van der Waals surface area contributed by atoms with Crippen molar-refractivity contribution in [2.45, 2.75) is 33.6 Å². The molecule has 188 valence electrons. The van der Waals surface area contributed by atoms with Crippen LogP contribution in [0.3, 0.4) is 0 Å². The van der Waals surface area contributed by atoms with Crippen LogP contribution in [0.5, 0.6) is 0 Å². The van der Waals surface area contributed by atoms with E-state index >= 15 is 0 Å². The van der Waals surface area contributed by atoms with Crippen molar-refractivity contribution in [1.29, 1.82) is 0 Å². The van der Waals surface area contributed by atoms with Crippen LogP contribution < -0.4 is 14.6 Å². The number of ketones is 2. The molecule has 0 saturated heterocycles. The Morgan fingerprint density at radius 3 is 1.69 bits per heavy atom. The first-order valence-corrected chi connectivity index (χ1v) is 13.5. The summed E-state index contributed by atoms with van der Waals surface area (Å²) in [5.41, 5.74) is 1.47. The fraction of sp³-hybridized carbons (Fsp3) is 0.556. The summed E-state index contributed by atoms with van der Waals surface area (Å²) >= 11 is -1.49. The predicted molar refractivity (Wildman–Crippen MR) is 128 cm³/mol. The smallest absolute Gasteiger partial charge is 0.234 e. The number of sulfonamides is 2. The van der Waals surface area contributed by atoms with E-state index in [1.807, 2.05) is 0 Å². The van der Waals surface area contributed by atoms with Gasteiger partial charge in [0, 0.05) is 19.4 Å². The first kappa shape index (κ1) is 35.0. The molecule has 1 atom stereocenters. The maximum atomic E-state index is 10.9. The number of nitrogens with one attached hydrogen (secondary N) is 2. The molecule has 1 unspecified atom stereocenters. The van der Waals surface area contributed by atoms with Gasteiger partial charge >= 0.3 is 0 Å². The topological polar surface area (TPSA) is 179 Å². The normalized spacial score (nSPS) is 11.7. The van der Waals surface area contributed by atoms with E-state index in [4.69, 9.17) is 0 Å². The Morgan fingerprint density at radius 1 is 0.969 bits per heavy atom. The lowest BCUT2D eigenvalue weighted by molar-refractivity contribution is -0.116. The molecule has 0 rings (SSSR count). The fourth-order valence-corrected chi connectivity index (χ4v) is 3.14.